The number of hydrogen-bond donors (Lipinski definition) is 0. The summed E-state index contributed by atoms with van der Waals surface area (Å²) in [6, 6.07) is 12.5. The molecule has 0 unspecified atom stereocenters. The maximum atomic E-state index is 5.29. The highest BCUT2D eigenvalue weighted by Crippen LogP contribution is 2.09. The Hall–Kier alpha value is -2.16. The molecule has 0 spiro atoms. The van der Waals surface area contributed by atoms with Crippen molar-refractivity contribution in [3.63, 3.8) is 0 Å². The number of ether oxygens (including phenoxy) is 1. The van der Waals surface area contributed by atoms with E-state index in [0.29, 0.717) is 12.6 Å². The second-order valence-electron chi connectivity index (χ2n) is 3.59. The lowest BCUT2D eigenvalue weighted by atomic mass is 10.1. The topological polar surface area (TPSA) is 35.0 Å². The fourth-order valence-electron chi connectivity index (χ4n) is 1.48. The molecule has 0 aliphatic carbocycles. The van der Waals surface area contributed by atoms with E-state index in [9.17, 15) is 0 Å². The lowest BCUT2D eigenvalue weighted by Gasteiger charge is -2.04. The van der Waals surface area contributed by atoms with Crippen LogP contribution in [-0.4, -0.2) is 16.6 Å². The van der Waals surface area contributed by atoms with Crippen LogP contribution < -0.4 is 4.74 Å². The minimum absolute atomic E-state index is 0.401. The molecule has 1 heterocycles. The van der Waals surface area contributed by atoms with Crippen molar-refractivity contribution in [3.05, 3.63) is 66.5 Å². The van der Waals surface area contributed by atoms with E-state index in [-0.39, 0.29) is 0 Å². The van der Waals surface area contributed by atoms with Gasteiger partial charge in [0, 0.05) is 12.6 Å². The lowest BCUT2D eigenvalue weighted by Crippen LogP contribution is -2.01. The van der Waals surface area contributed by atoms with Crippen LogP contribution >= 0.6 is 0 Å². The molecule has 0 amide bonds. The van der Waals surface area contributed by atoms with Crippen molar-refractivity contribution in [2.24, 2.45) is 0 Å². The Bertz CT molecular complexity index is 483. The number of rotatable bonds is 5. The van der Waals surface area contributed by atoms with Crippen molar-refractivity contribution in [1.82, 2.24) is 9.97 Å². The zero-order valence-electron chi connectivity index (χ0n) is 9.54. The highest BCUT2D eigenvalue weighted by molar-refractivity contribution is 5.21. The molecule has 1 aromatic carbocycles. The molecule has 0 aliphatic heterocycles. The maximum absolute atomic E-state index is 5.29. The van der Waals surface area contributed by atoms with Gasteiger partial charge in [0.1, 0.15) is 6.61 Å². The van der Waals surface area contributed by atoms with Crippen LogP contribution in [0.15, 0.2) is 55.3 Å². The molecule has 3 nitrogen and oxygen atoms in total. The number of hydrogen-bond acceptors (Lipinski definition) is 3. The fraction of sp³-hybridized carbons (Fsp3) is 0.143. The molecule has 0 atom stereocenters. The van der Waals surface area contributed by atoms with Gasteiger partial charge in [0.25, 0.3) is 0 Å². The predicted molar refractivity (Wildman–Crippen MR) is 67.0 cm³/mol. The van der Waals surface area contributed by atoms with E-state index in [1.807, 2.05) is 24.3 Å². The van der Waals surface area contributed by atoms with E-state index in [4.69, 9.17) is 4.74 Å². The van der Waals surface area contributed by atoms with Crippen LogP contribution in [-0.2, 0) is 6.42 Å². The normalized spacial score (nSPS) is 9.88. The summed E-state index contributed by atoms with van der Waals surface area (Å²) in [7, 11) is 0. The van der Waals surface area contributed by atoms with Gasteiger partial charge in [-0.05, 0) is 11.6 Å². The summed E-state index contributed by atoms with van der Waals surface area (Å²) in [4.78, 5) is 8.36. The zero-order valence-corrected chi connectivity index (χ0v) is 9.54. The molecule has 2 aromatic rings. The van der Waals surface area contributed by atoms with Crippen molar-refractivity contribution in [1.29, 1.82) is 0 Å². The number of nitrogens with zero attached hydrogens (tertiary/aromatic N) is 2. The first-order valence-corrected chi connectivity index (χ1v) is 5.48. The van der Waals surface area contributed by atoms with Gasteiger partial charge in [-0.2, -0.15) is 4.98 Å². The van der Waals surface area contributed by atoms with Gasteiger partial charge >= 0.3 is 6.01 Å². The first-order valence-electron chi connectivity index (χ1n) is 5.48. The molecule has 0 bridgehead atoms. The van der Waals surface area contributed by atoms with Gasteiger partial charge in [-0.3, -0.25) is 0 Å². The van der Waals surface area contributed by atoms with Crippen molar-refractivity contribution < 1.29 is 4.74 Å². The van der Waals surface area contributed by atoms with Gasteiger partial charge in [-0.1, -0.05) is 43.0 Å². The summed E-state index contributed by atoms with van der Waals surface area (Å²) in [5.41, 5.74) is 2.17. The van der Waals surface area contributed by atoms with Crippen molar-refractivity contribution in [3.8, 4) is 6.01 Å². The Morgan fingerprint density at radius 2 is 2.00 bits per heavy atom. The quantitative estimate of drug-likeness (QED) is 0.735. The van der Waals surface area contributed by atoms with Crippen LogP contribution in [0.5, 0.6) is 6.01 Å². The number of benzene rings is 1. The van der Waals surface area contributed by atoms with E-state index in [2.05, 4.69) is 28.7 Å². The Morgan fingerprint density at radius 3 is 2.76 bits per heavy atom. The highest BCUT2D eigenvalue weighted by Gasteiger charge is 2.00. The standard InChI is InChI=1S/C14H14N2O/c1-2-10-17-14-15-9-8-13(16-14)11-12-6-4-3-5-7-12/h2-9H,1,10-11H2. The van der Waals surface area contributed by atoms with Gasteiger partial charge in [-0.25, -0.2) is 4.98 Å². The maximum Gasteiger partial charge on any atom is 0.316 e. The molecule has 1 aromatic heterocycles. The van der Waals surface area contributed by atoms with Crippen LogP contribution in [0.4, 0.5) is 0 Å². The van der Waals surface area contributed by atoms with Gasteiger partial charge in [0.2, 0.25) is 0 Å². The molecule has 86 valence electrons. The van der Waals surface area contributed by atoms with Crippen LogP contribution in [0.2, 0.25) is 0 Å². The lowest BCUT2D eigenvalue weighted by molar-refractivity contribution is 0.332. The second-order valence-corrected chi connectivity index (χ2v) is 3.59. The predicted octanol–water partition coefficient (Wildman–Crippen LogP) is 2.63. The first-order chi connectivity index (χ1) is 8.38. The largest absolute Gasteiger partial charge is 0.459 e. The first kappa shape index (κ1) is 11.3. The Balaban J connectivity index is 2.08. The second kappa shape index (κ2) is 5.80. The average molecular weight is 226 g/mol. The molecule has 3 heteroatoms. The van der Waals surface area contributed by atoms with Crippen LogP contribution in [0.3, 0.4) is 0 Å². The highest BCUT2D eigenvalue weighted by atomic mass is 16.5. The van der Waals surface area contributed by atoms with E-state index < -0.39 is 0 Å². The average Bonchev–Trinajstić information content (AvgIpc) is 2.38. The summed E-state index contributed by atoms with van der Waals surface area (Å²) in [5, 5.41) is 0. The van der Waals surface area contributed by atoms with Crippen LogP contribution in [0, 0.1) is 0 Å². The monoisotopic (exact) mass is 226 g/mol. The minimum atomic E-state index is 0.401. The van der Waals surface area contributed by atoms with Crippen molar-refractivity contribution in [2.75, 3.05) is 6.61 Å². The SMILES string of the molecule is C=CCOc1nccc(Cc2ccccc2)n1. The molecule has 2 rings (SSSR count). The molecular formula is C14H14N2O. The molecule has 0 saturated carbocycles. The van der Waals surface area contributed by atoms with Gasteiger partial charge in [0.15, 0.2) is 0 Å². The third-order valence-corrected chi connectivity index (χ3v) is 2.25. The zero-order chi connectivity index (χ0) is 11.9. The van der Waals surface area contributed by atoms with Crippen LogP contribution in [0.1, 0.15) is 11.3 Å². The third kappa shape index (κ3) is 3.41. The van der Waals surface area contributed by atoms with Crippen LogP contribution in [0.25, 0.3) is 0 Å². The van der Waals surface area contributed by atoms with Gasteiger partial charge < -0.3 is 4.74 Å². The Morgan fingerprint density at radius 1 is 1.18 bits per heavy atom. The molecule has 0 aliphatic rings. The number of aromatic nitrogens is 2. The summed E-state index contributed by atoms with van der Waals surface area (Å²) >= 11 is 0. The van der Waals surface area contributed by atoms with E-state index >= 15 is 0 Å². The smallest absolute Gasteiger partial charge is 0.316 e. The van der Waals surface area contributed by atoms with E-state index in [1.165, 1.54) is 5.56 Å². The molecule has 0 radical (unpaired) electrons. The van der Waals surface area contributed by atoms with E-state index in [0.717, 1.165) is 12.1 Å². The molecule has 0 fully saturated rings. The van der Waals surface area contributed by atoms with Gasteiger partial charge in [-0.15, -0.1) is 0 Å². The van der Waals surface area contributed by atoms with Gasteiger partial charge in [0.05, 0.1) is 5.69 Å². The molecule has 0 N–H and O–H groups in total. The van der Waals surface area contributed by atoms with E-state index in [1.54, 1.807) is 12.3 Å². The third-order valence-electron chi connectivity index (χ3n) is 2.25. The van der Waals surface area contributed by atoms with Crippen molar-refractivity contribution in [2.45, 2.75) is 6.42 Å². The molecular weight excluding hydrogens is 212 g/mol. The fourth-order valence-corrected chi connectivity index (χ4v) is 1.48. The Kier molecular flexibility index (Phi) is 3.86. The summed E-state index contributed by atoms with van der Waals surface area (Å²) in [5.74, 6) is 0. The Labute approximate surface area is 101 Å². The summed E-state index contributed by atoms with van der Waals surface area (Å²) in [6.07, 6.45) is 4.17. The minimum Gasteiger partial charge on any atom is -0.459 e. The summed E-state index contributed by atoms with van der Waals surface area (Å²) in [6.45, 7) is 4.01. The molecule has 0 saturated heterocycles. The van der Waals surface area contributed by atoms with Crippen molar-refractivity contribution >= 4 is 0 Å². The molecule has 17 heavy (non-hydrogen) atoms. The summed E-state index contributed by atoms with van der Waals surface area (Å²) < 4.78 is 5.29.